The van der Waals surface area contributed by atoms with Crippen molar-refractivity contribution in [1.82, 2.24) is 20.4 Å². The predicted octanol–water partition coefficient (Wildman–Crippen LogP) is 2.50. The number of hydrogen-bond acceptors (Lipinski definition) is 5. The van der Waals surface area contributed by atoms with Gasteiger partial charge in [0.1, 0.15) is 0 Å². The van der Waals surface area contributed by atoms with Crippen LogP contribution in [0.2, 0.25) is 0 Å². The lowest BCUT2D eigenvalue weighted by molar-refractivity contribution is 0.302. The lowest BCUT2D eigenvalue weighted by atomic mass is 9.94. The minimum atomic E-state index is 0.237. The maximum absolute atomic E-state index is 5.51. The van der Waals surface area contributed by atoms with Gasteiger partial charge in [0, 0.05) is 18.0 Å². The Labute approximate surface area is 117 Å². The third kappa shape index (κ3) is 1.85. The van der Waals surface area contributed by atoms with Crippen molar-refractivity contribution in [3.8, 4) is 11.4 Å². The molecule has 0 bridgehead atoms. The number of nitrogens with zero attached hydrogens (tertiary/aromatic N) is 3. The van der Waals surface area contributed by atoms with Crippen molar-refractivity contribution >= 4 is 0 Å². The highest BCUT2D eigenvalue weighted by atomic mass is 16.5. The molecule has 2 aliphatic rings. The van der Waals surface area contributed by atoms with E-state index in [-0.39, 0.29) is 6.04 Å². The summed E-state index contributed by atoms with van der Waals surface area (Å²) in [5.41, 5.74) is 2.06. The van der Waals surface area contributed by atoms with Gasteiger partial charge in [0.2, 0.25) is 11.7 Å². The molecule has 2 fully saturated rings. The summed E-state index contributed by atoms with van der Waals surface area (Å²) in [7, 11) is 0. The van der Waals surface area contributed by atoms with E-state index in [2.05, 4.69) is 20.4 Å². The van der Waals surface area contributed by atoms with Crippen molar-refractivity contribution in [3.63, 3.8) is 0 Å². The first kappa shape index (κ1) is 12.0. The van der Waals surface area contributed by atoms with E-state index in [9.17, 15) is 0 Å². The third-order valence-electron chi connectivity index (χ3n) is 4.73. The highest BCUT2D eigenvalue weighted by Crippen LogP contribution is 2.44. The summed E-state index contributed by atoms with van der Waals surface area (Å²) in [6.45, 7) is 3.12. The van der Waals surface area contributed by atoms with Crippen LogP contribution in [0.1, 0.15) is 36.8 Å². The molecule has 3 unspecified atom stereocenters. The van der Waals surface area contributed by atoms with Gasteiger partial charge in [-0.2, -0.15) is 4.98 Å². The molecule has 0 radical (unpaired) electrons. The van der Waals surface area contributed by atoms with E-state index in [4.69, 9.17) is 4.52 Å². The second kappa shape index (κ2) is 4.66. The van der Waals surface area contributed by atoms with Crippen LogP contribution < -0.4 is 5.32 Å². The summed E-state index contributed by atoms with van der Waals surface area (Å²) in [4.78, 5) is 8.75. The van der Waals surface area contributed by atoms with Gasteiger partial charge in [-0.25, -0.2) is 0 Å². The average Bonchev–Trinajstić information content (AvgIpc) is 3.14. The molecule has 1 saturated carbocycles. The SMILES string of the molecule is Cc1ccncc1-c1noc(C2NCC3CCCC32)n1. The second-order valence-electron chi connectivity index (χ2n) is 5.89. The molecule has 0 amide bonds. The van der Waals surface area contributed by atoms with Crippen LogP contribution in [0.3, 0.4) is 0 Å². The van der Waals surface area contributed by atoms with Crippen molar-refractivity contribution in [2.45, 2.75) is 32.2 Å². The Morgan fingerprint density at radius 3 is 3.20 bits per heavy atom. The standard InChI is InChI=1S/C15H18N4O/c1-9-5-6-16-8-12(9)14-18-15(20-19-14)13-11-4-2-3-10(11)7-17-13/h5-6,8,10-11,13,17H,2-4,7H2,1H3. The summed E-state index contributed by atoms with van der Waals surface area (Å²) in [6.07, 6.45) is 7.50. The molecule has 1 aliphatic carbocycles. The molecule has 4 rings (SSSR count). The van der Waals surface area contributed by atoms with E-state index in [1.807, 2.05) is 13.0 Å². The minimum absolute atomic E-state index is 0.237. The molecule has 1 saturated heterocycles. The molecule has 5 nitrogen and oxygen atoms in total. The summed E-state index contributed by atoms with van der Waals surface area (Å²) in [5.74, 6) is 2.83. The number of fused-ring (bicyclic) bond motifs is 1. The molecule has 3 heterocycles. The van der Waals surface area contributed by atoms with Crippen LogP contribution in [-0.4, -0.2) is 21.7 Å². The smallest absolute Gasteiger partial charge is 0.244 e. The molecule has 20 heavy (non-hydrogen) atoms. The Bertz CT molecular complexity index is 624. The fraction of sp³-hybridized carbons (Fsp3) is 0.533. The van der Waals surface area contributed by atoms with Crippen LogP contribution in [0.5, 0.6) is 0 Å². The van der Waals surface area contributed by atoms with Crippen molar-refractivity contribution < 1.29 is 4.52 Å². The molecular formula is C15H18N4O. The van der Waals surface area contributed by atoms with Gasteiger partial charge >= 0.3 is 0 Å². The van der Waals surface area contributed by atoms with Crippen LogP contribution in [0.15, 0.2) is 23.0 Å². The van der Waals surface area contributed by atoms with Crippen LogP contribution >= 0.6 is 0 Å². The van der Waals surface area contributed by atoms with E-state index >= 15 is 0 Å². The lowest BCUT2D eigenvalue weighted by Gasteiger charge is -2.13. The van der Waals surface area contributed by atoms with E-state index in [1.165, 1.54) is 19.3 Å². The first-order valence-electron chi connectivity index (χ1n) is 7.31. The molecule has 0 aromatic carbocycles. The maximum atomic E-state index is 5.51. The first-order chi connectivity index (χ1) is 9.83. The van der Waals surface area contributed by atoms with Gasteiger partial charge < -0.3 is 9.84 Å². The van der Waals surface area contributed by atoms with Gasteiger partial charge in [-0.15, -0.1) is 0 Å². The summed E-state index contributed by atoms with van der Waals surface area (Å²) in [6, 6.07) is 2.20. The Morgan fingerprint density at radius 1 is 1.35 bits per heavy atom. The molecular weight excluding hydrogens is 252 g/mol. The highest BCUT2D eigenvalue weighted by molar-refractivity contribution is 5.57. The van der Waals surface area contributed by atoms with Crippen molar-refractivity contribution in [3.05, 3.63) is 29.9 Å². The minimum Gasteiger partial charge on any atom is -0.337 e. The van der Waals surface area contributed by atoms with Gasteiger partial charge in [0.25, 0.3) is 0 Å². The van der Waals surface area contributed by atoms with Crippen LogP contribution in [0, 0.1) is 18.8 Å². The number of pyridine rings is 1. The third-order valence-corrected chi connectivity index (χ3v) is 4.73. The van der Waals surface area contributed by atoms with Crippen LogP contribution in [-0.2, 0) is 0 Å². The molecule has 5 heteroatoms. The fourth-order valence-electron chi connectivity index (χ4n) is 3.63. The molecule has 3 atom stereocenters. The Balaban J connectivity index is 1.64. The number of nitrogens with one attached hydrogen (secondary N) is 1. The molecule has 1 N–H and O–H groups in total. The number of rotatable bonds is 2. The number of hydrogen-bond donors (Lipinski definition) is 1. The van der Waals surface area contributed by atoms with Crippen molar-refractivity contribution in [2.24, 2.45) is 11.8 Å². The highest BCUT2D eigenvalue weighted by Gasteiger charge is 2.42. The molecule has 1 aliphatic heterocycles. The zero-order chi connectivity index (χ0) is 13.5. The summed E-state index contributed by atoms with van der Waals surface area (Å²) in [5, 5.41) is 7.68. The van der Waals surface area contributed by atoms with Gasteiger partial charge in [-0.1, -0.05) is 11.6 Å². The normalized spacial score (nSPS) is 28.8. The second-order valence-corrected chi connectivity index (χ2v) is 5.89. The monoisotopic (exact) mass is 270 g/mol. The molecule has 2 aromatic rings. The topological polar surface area (TPSA) is 63.8 Å². The van der Waals surface area contributed by atoms with E-state index in [0.29, 0.717) is 11.7 Å². The lowest BCUT2D eigenvalue weighted by Crippen LogP contribution is -2.18. The van der Waals surface area contributed by atoms with Crippen molar-refractivity contribution in [2.75, 3.05) is 6.54 Å². The summed E-state index contributed by atoms with van der Waals surface area (Å²) >= 11 is 0. The molecule has 104 valence electrons. The van der Waals surface area contributed by atoms with E-state index in [0.717, 1.165) is 29.5 Å². The van der Waals surface area contributed by atoms with Gasteiger partial charge in [-0.3, -0.25) is 4.98 Å². The predicted molar refractivity (Wildman–Crippen MR) is 73.8 cm³/mol. The Kier molecular flexibility index (Phi) is 2.80. The number of aryl methyl sites for hydroxylation is 1. The van der Waals surface area contributed by atoms with E-state index < -0.39 is 0 Å². The van der Waals surface area contributed by atoms with Gasteiger partial charge in [0.15, 0.2) is 0 Å². The van der Waals surface area contributed by atoms with Crippen LogP contribution in [0.25, 0.3) is 11.4 Å². The Morgan fingerprint density at radius 2 is 2.30 bits per heavy atom. The van der Waals surface area contributed by atoms with Gasteiger partial charge in [-0.05, 0) is 49.8 Å². The maximum Gasteiger partial charge on any atom is 0.244 e. The fourth-order valence-corrected chi connectivity index (χ4v) is 3.63. The summed E-state index contributed by atoms with van der Waals surface area (Å²) < 4.78 is 5.51. The molecule has 0 spiro atoms. The number of aromatic nitrogens is 3. The zero-order valence-electron chi connectivity index (χ0n) is 11.5. The quantitative estimate of drug-likeness (QED) is 0.908. The molecule has 2 aromatic heterocycles. The van der Waals surface area contributed by atoms with E-state index in [1.54, 1.807) is 12.4 Å². The average molecular weight is 270 g/mol. The first-order valence-corrected chi connectivity index (χ1v) is 7.31. The van der Waals surface area contributed by atoms with Crippen molar-refractivity contribution in [1.29, 1.82) is 0 Å². The largest absolute Gasteiger partial charge is 0.337 e. The zero-order valence-corrected chi connectivity index (χ0v) is 11.5. The van der Waals surface area contributed by atoms with Gasteiger partial charge in [0.05, 0.1) is 6.04 Å². The van der Waals surface area contributed by atoms with Crippen LogP contribution in [0.4, 0.5) is 0 Å². The Hall–Kier alpha value is -1.75.